The Labute approximate surface area is 177 Å². The minimum Gasteiger partial charge on any atom is -0.497 e. The second-order valence-corrected chi connectivity index (χ2v) is 7.62. The zero-order valence-electron chi connectivity index (χ0n) is 17.2. The number of carbonyl (C=O) groups is 1. The van der Waals surface area contributed by atoms with Crippen LogP contribution in [-0.2, 0) is 0 Å². The molecule has 1 aliphatic rings. The third kappa shape index (κ3) is 5.41. The van der Waals surface area contributed by atoms with E-state index in [1.54, 1.807) is 32.4 Å². The number of nitrogens with zero attached hydrogens (tertiary/aromatic N) is 2. The second kappa shape index (κ2) is 9.96. The molecule has 1 fully saturated rings. The van der Waals surface area contributed by atoms with Gasteiger partial charge >= 0.3 is 0 Å². The van der Waals surface area contributed by atoms with Crippen LogP contribution < -0.4 is 14.8 Å². The quantitative estimate of drug-likeness (QED) is 0.750. The Kier molecular flexibility index (Phi) is 7.36. The smallest absolute Gasteiger partial charge is 0.255 e. The molecule has 0 aromatic heterocycles. The highest BCUT2D eigenvalue weighted by atomic mass is 35.5. The van der Waals surface area contributed by atoms with Crippen LogP contribution in [-0.4, -0.2) is 69.7 Å². The van der Waals surface area contributed by atoms with Crippen molar-refractivity contribution in [2.75, 3.05) is 54.0 Å². The summed E-state index contributed by atoms with van der Waals surface area (Å²) < 4.78 is 10.6. The molecule has 29 heavy (non-hydrogen) atoms. The van der Waals surface area contributed by atoms with E-state index < -0.39 is 0 Å². The molecule has 2 aromatic carbocycles. The molecule has 0 radical (unpaired) electrons. The number of methoxy groups -OCH3 is 2. The number of piperazine rings is 1. The maximum absolute atomic E-state index is 12.9. The fraction of sp³-hybridized carbons (Fsp3) is 0.409. The molecular weight excluding hydrogens is 390 g/mol. The van der Waals surface area contributed by atoms with E-state index in [1.807, 2.05) is 12.1 Å². The lowest BCUT2D eigenvalue weighted by Crippen LogP contribution is -2.48. The van der Waals surface area contributed by atoms with E-state index in [0.29, 0.717) is 22.9 Å². The number of hydrogen-bond donors (Lipinski definition) is 1. The number of benzene rings is 2. The van der Waals surface area contributed by atoms with Gasteiger partial charge in [-0.3, -0.25) is 9.69 Å². The van der Waals surface area contributed by atoms with Gasteiger partial charge in [-0.1, -0.05) is 23.7 Å². The van der Waals surface area contributed by atoms with Gasteiger partial charge in [0.15, 0.2) is 0 Å². The molecule has 3 rings (SSSR count). The van der Waals surface area contributed by atoms with E-state index in [9.17, 15) is 4.79 Å². The van der Waals surface area contributed by atoms with Gasteiger partial charge in [0.25, 0.3) is 5.91 Å². The lowest BCUT2D eigenvalue weighted by Gasteiger charge is -2.38. The zero-order valence-corrected chi connectivity index (χ0v) is 17.9. The number of ether oxygens (including phenoxy) is 2. The molecule has 0 unspecified atom stereocenters. The van der Waals surface area contributed by atoms with Crippen molar-refractivity contribution in [2.45, 2.75) is 6.04 Å². The summed E-state index contributed by atoms with van der Waals surface area (Å²) in [6.45, 7) is 4.39. The summed E-state index contributed by atoms with van der Waals surface area (Å²) in [5.41, 5.74) is 1.58. The average Bonchev–Trinajstić information content (AvgIpc) is 2.75. The third-order valence-electron chi connectivity index (χ3n) is 5.34. The van der Waals surface area contributed by atoms with Crippen molar-refractivity contribution in [1.82, 2.24) is 15.1 Å². The summed E-state index contributed by atoms with van der Waals surface area (Å²) >= 11 is 6.08. The van der Waals surface area contributed by atoms with Crippen molar-refractivity contribution in [3.8, 4) is 11.5 Å². The van der Waals surface area contributed by atoms with Gasteiger partial charge in [0.2, 0.25) is 0 Å². The van der Waals surface area contributed by atoms with Crippen molar-refractivity contribution in [2.24, 2.45) is 0 Å². The van der Waals surface area contributed by atoms with Crippen LogP contribution in [0.3, 0.4) is 0 Å². The summed E-state index contributed by atoms with van der Waals surface area (Å²) in [4.78, 5) is 17.6. The van der Waals surface area contributed by atoms with Gasteiger partial charge in [-0.15, -0.1) is 0 Å². The van der Waals surface area contributed by atoms with Crippen molar-refractivity contribution in [1.29, 1.82) is 0 Å². The lowest BCUT2D eigenvalue weighted by molar-refractivity contribution is 0.0883. The van der Waals surface area contributed by atoms with Gasteiger partial charge in [0.1, 0.15) is 11.5 Å². The van der Waals surface area contributed by atoms with Gasteiger partial charge in [0, 0.05) is 37.7 Å². The predicted molar refractivity (Wildman–Crippen MR) is 115 cm³/mol. The molecule has 1 N–H and O–H groups in total. The first-order valence-corrected chi connectivity index (χ1v) is 10.1. The van der Waals surface area contributed by atoms with Gasteiger partial charge in [-0.05, 0) is 42.9 Å². The molecule has 156 valence electrons. The molecule has 0 saturated carbocycles. The van der Waals surface area contributed by atoms with Crippen molar-refractivity contribution >= 4 is 17.5 Å². The Hall–Kier alpha value is -2.28. The maximum atomic E-state index is 12.9. The highest BCUT2D eigenvalue weighted by Gasteiger charge is 2.25. The normalized spacial score (nSPS) is 16.3. The van der Waals surface area contributed by atoms with E-state index in [1.165, 1.54) is 0 Å². The monoisotopic (exact) mass is 417 g/mol. The molecule has 6 nitrogen and oxygen atoms in total. The first kappa shape index (κ1) is 21.4. The molecule has 1 heterocycles. The standard InChI is InChI=1S/C22H28ClN3O3/c1-25-10-12-26(13-11-25)20(16-4-7-18(28-2)8-5-16)15-24-22(27)19-14-17(23)6-9-21(19)29-3/h4-9,14,20H,10-13,15H2,1-3H3,(H,24,27)/t20-/m0/s1. The fourth-order valence-corrected chi connectivity index (χ4v) is 3.73. The molecule has 7 heteroatoms. The molecule has 0 aliphatic carbocycles. The SMILES string of the molecule is COc1ccc([C@H](CNC(=O)c2cc(Cl)ccc2OC)N2CCN(C)CC2)cc1. The first-order chi connectivity index (χ1) is 14.0. The van der Waals surface area contributed by atoms with Crippen LogP contribution in [0.25, 0.3) is 0 Å². The molecule has 2 aromatic rings. The van der Waals surface area contributed by atoms with Crippen LogP contribution in [0.4, 0.5) is 0 Å². The van der Waals surface area contributed by atoms with E-state index in [2.05, 4.69) is 34.3 Å². The van der Waals surface area contributed by atoms with Crippen molar-refractivity contribution in [3.63, 3.8) is 0 Å². The molecule has 1 atom stereocenters. The van der Waals surface area contributed by atoms with Crippen LogP contribution in [0, 0.1) is 0 Å². The Morgan fingerprint density at radius 1 is 1.07 bits per heavy atom. The summed E-state index contributed by atoms with van der Waals surface area (Å²) in [6, 6.07) is 13.2. The number of halogens is 1. The van der Waals surface area contributed by atoms with E-state index >= 15 is 0 Å². The maximum Gasteiger partial charge on any atom is 0.255 e. The van der Waals surface area contributed by atoms with E-state index in [4.69, 9.17) is 21.1 Å². The molecule has 1 aliphatic heterocycles. The number of carbonyl (C=O) groups excluding carboxylic acids is 1. The van der Waals surface area contributed by atoms with Crippen molar-refractivity contribution in [3.05, 3.63) is 58.6 Å². The van der Waals surface area contributed by atoms with Crippen LogP contribution in [0.5, 0.6) is 11.5 Å². The van der Waals surface area contributed by atoms with Crippen LogP contribution >= 0.6 is 11.6 Å². The second-order valence-electron chi connectivity index (χ2n) is 7.18. The lowest BCUT2D eigenvalue weighted by atomic mass is 10.0. The summed E-state index contributed by atoms with van der Waals surface area (Å²) in [7, 11) is 5.34. The molecule has 1 saturated heterocycles. The predicted octanol–water partition coefficient (Wildman–Crippen LogP) is 3.08. The fourth-order valence-electron chi connectivity index (χ4n) is 3.56. The number of hydrogen-bond acceptors (Lipinski definition) is 5. The minimum atomic E-state index is -0.197. The van der Waals surface area contributed by atoms with E-state index in [-0.39, 0.29) is 11.9 Å². The highest BCUT2D eigenvalue weighted by molar-refractivity contribution is 6.31. The molecule has 0 bridgehead atoms. The Balaban J connectivity index is 1.77. The number of likely N-dealkylation sites (N-methyl/N-ethyl adjacent to an activating group) is 1. The van der Waals surface area contributed by atoms with Crippen LogP contribution in [0.15, 0.2) is 42.5 Å². The van der Waals surface area contributed by atoms with Gasteiger partial charge in [-0.25, -0.2) is 0 Å². The van der Waals surface area contributed by atoms with Gasteiger partial charge in [-0.2, -0.15) is 0 Å². The summed E-state index contributed by atoms with van der Waals surface area (Å²) in [5, 5.41) is 3.57. The average molecular weight is 418 g/mol. The topological polar surface area (TPSA) is 54.0 Å². The molecule has 1 amide bonds. The van der Waals surface area contributed by atoms with Crippen LogP contribution in [0.1, 0.15) is 22.0 Å². The Bertz CT molecular complexity index is 821. The largest absolute Gasteiger partial charge is 0.497 e. The highest BCUT2D eigenvalue weighted by Crippen LogP contribution is 2.25. The summed E-state index contributed by atoms with van der Waals surface area (Å²) in [6.07, 6.45) is 0. The number of rotatable bonds is 7. The number of nitrogens with one attached hydrogen (secondary N) is 1. The van der Waals surface area contributed by atoms with E-state index in [0.717, 1.165) is 37.5 Å². The first-order valence-electron chi connectivity index (χ1n) is 9.70. The third-order valence-corrected chi connectivity index (χ3v) is 5.58. The van der Waals surface area contributed by atoms with Gasteiger partial charge in [0.05, 0.1) is 25.8 Å². The van der Waals surface area contributed by atoms with Gasteiger partial charge < -0.3 is 19.7 Å². The molecule has 0 spiro atoms. The molecular formula is C22H28ClN3O3. The Morgan fingerprint density at radius 2 is 1.76 bits per heavy atom. The Morgan fingerprint density at radius 3 is 2.38 bits per heavy atom. The van der Waals surface area contributed by atoms with Crippen LogP contribution in [0.2, 0.25) is 5.02 Å². The van der Waals surface area contributed by atoms with Crippen molar-refractivity contribution < 1.29 is 14.3 Å². The zero-order chi connectivity index (χ0) is 20.8. The number of amides is 1. The minimum absolute atomic E-state index is 0.0729. The summed E-state index contributed by atoms with van der Waals surface area (Å²) in [5.74, 6) is 1.13.